The first-order valence-electron chi connectivity index (χ1n) is 12.3. The summed E-state index contributed by atoms with van der Waals surface area (Å²) in [5.74, 6) is 4.15. The zero-order chi connectivity index (χ0) is 22.5. The Morgan fingerprint density at radius 1 is 1.16 bits per heavy atom. The molecule has 2 N–H and O–H groups in total. The molecule has 2 aliphatic heterocycles. The summed E-state index contributed by atoms with van der Waals surface area (Å²) < 4.78 is 2.07. The molecule has 1 aromatic heterocycles. The molecule has 0 spiro atoms. The Kier molecular flexibility index (Phi) is 7.33. The molecule has 3 heterocycles. The van der Waals surface area contributed by atoms with Gasteiger partial charge in [-0.1, -0.05) is 32.9 Å². The van der Waals surface area contributed by atoms with Crippen LogP contribution in [0.15, 0.2) is 29.3 Å². The smallest absolute Gasteiger partial charge is 0.191 e. The normalized spacial score (nSPS) is 19.8. The minimum atomic E-state index is 0.311. The van der Waals surface area contributed by atoms with Crippen LogP contribution >= 0.6 is 0 Å². The van der Waals surface area contributed by atoms with Gasteiger partial charge in [0, 0.05) is 43.7 Å². The second-order valence-electron chi connectivity index (χ2n) is 9.63. The third kappa shape index (κ3) is 5.61. The third-order valence-corrected chi connectivity index (χ3v) is 6.58. The lowest BCUT2D eigenvalue weighted by Gasteiger charge is -2.32. The maximum atomic E-state index is 4.85. The molecule has 1 saturated heterocycles. The second-order valence-corrected chi connectivity index (χ2v) is 9.63. The molecule has 2 aliphatic rings. The zero-order valence-corrected chi connectivity index (χ0v) is 20.1. The van der Waals surface area contributed by atoms with Crippen molar-refractivity contribution in [3.8, 4) is 0 Å². The van der Waals surface area contributed by atoms with Crippen LogP contribution in [0.5, 0.6) is 0 Å². The Bertz CT molecular complexity index is 892. The number of fused-ring (bicyclic) bond motifs is 1. The average molecular weight is 438 g/mol. The van der Waals surface area contributed by atoms with E-state index in [4.69, 9.17) is 15.1 Å². The van der Waals surface area contributed by atoms with E-state index in [2.05, 4.69) is 72.2 Å². The third-order valence-electron chi connectivity index (χ3n) is 6.58. The largest absolute Gasteiger partial charge is 0.372 e. The summed E-state index contributed by atoms with van der Waals surface area (Å²) in [7, 11) is 0. The SMILES string of the molecule is CCNC(=NCc1ccc(N2CCC(C)CC2)cc1)NC1CCc2nc(C(C)C)nn2C1. The van der Waals surface area contributed by atoms with Crippen molar-refractivity contribution >= 4 is 11.6 Å². The molecule has 4 rings (SSSR count). The van der Waals surface area contributed by atoms with Gasteiger partial charge in [0.2, 0.25) is 0 Å². The van der Waals surface area contributed by atoms with Crippen molar-refractivity contribution in [2.75, 3.05) is 24.5 Å². The molecule has 1 atom stereocenters. The van der Waals surface area contributed by atoms with E-state index < -0.39 is 0 Å². The summed E-state index contributed by atoms with van der Waals surface area (Å²) in [6.07, 6.45) is 4.58. The number of aryl methyl sites for hydroxylation is 1. The van der Waals surface area contributed by atoms with Crippen molar-refractivity contribution in [1.82, 2.24) is 25.4 Å². The topological polar surface area (TPSA) is 70.4 Å². The van der Waals surface area contributed by atoms with Crippen molar-refractivity contribution in [3.05, 3.63) is 41.5 Å². The summed E-state index contributed by atoms with van der Waals surface area (Å²) >= 11 is 0. The van der Waals surface area contributed by atoms with Crippen molar-refractivity contribution in [1.29, 1.82) is 0 Å². The van der Waals surface area contributed by atoms with Crippen LogP contribution in [-0.4, -0.2) is 46.4 Å². The number of hydrogen-bond acceptors (Lipinski definition) is 4. The van der Waals surface area contributed by atoms with E-state index in [1.807, 2.05) is 0 Å². The number of benzene rings is 1. The van der Waals surface area contributed by atoms with Gasteiger partial charge in [0.15, 0.2) is 11.8 Å². The lowest BCUT2D eigenvalue weighted by Crippen LogP contribution is -2.47. The van der Waals surface area contributed by atoms with Crippen LogP contribution < -0.4 is 15.5 Å². The van der Waals surface area contributed by atoms with E-state index in [-0.39, 0.29) is 0 Å². The average Bonchev–Trinajstić information content (AvgIpc) is 3.22. The Balaban J connectivity index is 1.35. The van der Waals surface area contributed by atoms with Crippen LogP contribution in [-0.2, 0) is 19.5 Å². The molecule has 1 aromatic carbocycles. The standard InChI is InChI=1S/C25H39N7/c1-5-26-25(28-21-8-11-23-29-24(18(2)3)30-32(23)17-21)27-16-20-6-9-22(10-7-20)31-14-12-19(4)13-15-31/h6-7,9-10,18-19,21H,5,8,11-17H2,1-4H3,(H2,26,27,28). The Hall–Kier alpha value is -2.57. The number of guanidine groups is 1. The predicted octanol–water partition coefficient (Wildman–Crippen LogP) is 3.71. The minimum absolute atomic E-state index is 0.311. The number of hydrogen-bond donors (Lipinski definition) is 2. The van der Waals surface area contributed by atoms with Crippen molar-refractivity contribution in [2.45, 2.75) is 78.4 Å². The minimum Gasteiger partial charge on any atom is -0.372 e. The maximum absolute atomic E-state index is 4.85. The summed E-state index contributed by atoms with van der Waals surface area (Å²) in [5, 5.41) is 11.7. The Labute approximate surface area is 192 Å². The van der Waals surface area contributed by atoms with Gasteiger partial charge in [-0.2, -0.15) is 5.10 Å². The second kappa shape index (κ2) is 10.4. The highest BCUT2D eigenvalue weighted by Gasteiger charge is 2.23. The molecule has 0 aliphatic carbocycles. The van der Waals surface area contributed by atoms with Crippen molar-refractivity contribution < 1.29 is 0 Å². The van der Waals surface area contributed by atoms with Gasteiger partial charge in [0.05, 0.1) is 13.1 Å². The molecule has 0 radical (unpaired) electrons. The molecule has 7 heteroatoms. The van der Waals surface area contributed by atoms with Crippen LogP contribution in [0.25, 0.3) is 0 Å². The highest BCUT2D eigenvalue weighted by molar-refractivity contribution is 5.80. The van der Waals surface area contributed by atoms with Crippen molar-refractivity contribution in [2.24, 2.45) is 10.9 Å². The Morgan fingerprint density at radius 2 is 1.91 bits per heavy atom. The monoisotopic (exact) mass is 437 g/mol. The van der Waals surface area contributed by atoms with Crippen molar-refractivity contribution in [3.63, 3.8) is 0 Å². The molecule has 32 heavy (non-hydrogen) atoms. The van der Waals surface area contributed by atoms with Gasteiger partial charge in [-0.3, -0.25) is 0 Å². The molecular formula is C25H39N7. The van der Waals surface area contributed by atoms with Crippen LogP contribution in [0, 0.1) is 5.92 Å². The quantitative estimate of drug-likeness (QED) is 0.533. The first-order valence-corrected chi connectivity index (χ1v) is 12.3. The Morgan fingerprint density at radius 3 is 2.59 bits per heavy atom. The number of aromatic nitrogens is 3. The molecule has 0 bridgehead atoms. The van der Waals surface area contributed by atoms with Gasteiger partial charge in [0.1, 0.15) is 5.82 Å². The van der Waals surface area contributed by atoms with E-state index in [0.717, 1.165) is 49.5 Å². The number of nitrogens with zero attached hydrogens (tertiary/aromatic N) is 5. The molecule has 1 fully saturated rings. The molecule has 1 unspecified atom stereocenters. The summed E-state index contributed by atoms with van der Waals surface area (Å²) in [6, 6.07) is 9.25. The lowest BCUT2D eigenvalue weighted by atomic mass is 9.99. The van der Waals surface area contributed by atoms with Crippen LogP contribution in [0.2, 0.25) is 0 Å². The molecule has 174 valence electrons. The van der Waals surface area contributed by atoms with Gasteiger partial charge in [-0.25, -0.2) is 14.7 Å². The summed E-state index contributed by atoms with van der Waals surface area (Å²) in [4.78, 5) is 12.1. The lowest BCUT2D eigenvalue weighted by molar-refractivity contribution is 0.391. The van der Waals surface area contributed by atoms with E-state index in [0.29, 0.717) is 18.5 Å². The first-order chi connectivity index (χ1) is 15.5. The van der Waals surface area contributed by atoms with Gasteiger partial charge in [-0.15, -0.1) is 0 Å². The number of nitrogens with one attached hydrogen (secondary N) is 2. The van der Waals surface area contributed by atoms with E-state index >= 15 is 0 Å². The molecule has 0 amide bonds. The van der Waals surface area contributed by atoms with E-state index in [1.165, 1.54) is 37.2 Å². The van der Waals surface area contributed by atoms with Crippen LogP contribution in [0.1, 0.15) is 70.1 Å². The first kappa shape index (κ1) is 22.6. The predicted molar refractivity (Wildman–Crippen MR) is 131 cm³/mol. The molecule has 7 nitrogen and oxygen atoms in total. The number of piperidine rings is 1. The summed E-state index contributed by atoms with van der Waals surface area (Å²) in [5.41, 5.74) is 2.57. The molecular weight excluding hydrogens is 398 g/mol. The van der Waals surface area contributed by atoms with Crippen LogP contribution in [0.4, 0.5) is 5.69 Å². The fraction of sp³-hybridized carbons (Fsp3) is 0.640. The maximum Gasteiger partial charge on any atom is 0.191 e. The molecule has 0 saturated carbocycles. The van der Waals surface area contributed by atoms with E-state index in [9.17, 15) is 0 Å². The van der Waals surface area contributed by atoms with Gasteiger partial charge in [0.25, 0.3) is 0 Å². The van der Waals surface area contributed by atoms with Gasteiger partial charge < -0.3 is 15.5 Å². The fourth-order valence-corrected chi connectivity index (χ4v) is 4.45. The van der Waals surface area contributed by atoms with E-state index in [1.54, 1.807) is 0 Å². The molecule has 2 aromatic rings. The van der Waals surface area contributed by atoms with Gasteiger partial charge >= 0.3 is 0 Å². The number of rotatable bonds is 6. The number of aliphatic imine (C=N–C) groups is 1. The number of anilines is 1. The van der Waals surface area contributed by atoms with Gasteiger partial charge in [-0.05, 0) is 49.8 Å². The highest BCUT2D eigenvalue weighted by Crippen LogP contribution is 2.23. The highest BCUT2D eigenvalue weighted by atomic mass is 15.4. The van der Waals surface area contributed by atoms with Crippen LogP contribution in [0.3, 0.4) is 0 Å². The zero-order valence-electron chi connectivity index (χ0n) is 20.1. The fourth-order valence-electron chi connectivity index (χ4n) is 4.45. The summed E-state index contributed by atoms with van der Waals surface area (Å²) in [6.45, 7) is 13.4.